The van der Waals surface area contributed by atoms with Crippen LogP contribution < -0.4 is 20.5 Å². The number of primary amides is 1. The molecule has 11 heteroatoms. The Morgan fingerprint density at radius 2 is 2.10 bits per heavy atom. The Kier molecular flexibility index (Phi) is 5.72. The fourth-order valence-corrected chi connectivity index (χ4v) is 3.29. The highest BCUT2D eigenvalue weighted by Crippen LogP contribution is 2.38. The summed E-state index contributed by atoms with van der Waals surface area (Å²) in [5, 5.41) is 14.9. The number of nitrogens with two attached hydrogens (primary N) is 1. The maximum Gasteiger partial charge on any atom is 0.255 e. The van der Waals surface area contributed by atoms with Gasteiger partial charge >= 0.3 is 0 Å². The molecule has 1 saturated carbocycles. The Balaban J connectivity index is 1.55. The molecule has 2 aromatic carbocycles. The Morgan fingerprint density at radius 1 is 1.29 bits per heavy atom. The number of carbonyl (C=O) groups excluding carboxylic acids is 2. The molecule has 3 aromatic rings. The molecule has 0 radical (unpaired) electrons. The van der Waals surface area contributed by atoms with E-state index in [0.717, 1.165) is 18.4 Å². The number of hydrogen-bond donors (Lipinski definition) is 2. The summed E-state index contributed by atoms with van der Waals surface area (Å²) in [5.41, 5.74) is 6.71. The number of nitrogens with zero attached hydrogens (tertiary/aromatic N) is 4. The Bertz CT molecular complexity index is 1140. The highest BCUT2D eigenvalue weighted by atomic mass is 35.5. The number of aromatic nitrogens is 4. The number of tetrazole rings is 1. The van der Waals surface area contributed by atoms with Crippen LogP contribution in [0.1, 0.15) is 29.2 Å². The first-order valence-electron chi connectivity index (χ1n) is 9.44. The smallest absolute Gasteiger partial charge is 0.255 e. The monoisotopic (exact) mass is 442 g/mol. The van der Waals surface area contributed by atoms with Crippen LogP contribution in [0.25, 0.3) is 11.4 Å². The van der Waals surface area contributed by atoms with Crippen LogP contribution in [0.4, 0.5) is 5.69 Å². The third-order valence-corrected chi connectivity index (χ3v) is 4.90. The number of nitrogens with one attached hydrogen (secondary N) is 1. The number of anilines is 1. The molecule has 0 bridgehead atoms. The van der Waals surface area contributed by atoms with Crippen molar-refractivity contribution >= 4 is 29.1 Å². The van der Waals surface area contributed by atoms with Crippen LogP contribution >= 0.6 is 11.6 Å². The second-order valence-electron chi connectivity index (χ2n) is 6.96. The van der Waals surface area contributed by atoms with E-state index in [0.29, 0.717) is 17.6 Å². The standard InChI is InChI=1S/C20H19ClN6O4/c1-30-16-9-12(8-15(21)18(16)31-10-17(22)28)20(29)23-13-4-2-3-11(7-13)19-24-25-26-27(19)14-5-6-14/h2-4,7-9,14H,5-6,10H2,1H3,(H2,22,28)(H,23,29). The van der Waals surface area contributed by atoms with Crippen molar-refractivity contribution in [3.8, 4) is 22.9 Å². The van der Waals surface area contributed by atoms with Gasteiger partial charge in [0.15, 0.2) is 23.9 Å². The summed E-state index contributed by atoms with van der Waals surface area (Å²) in [6.07, 6.45) is 2.10. The van der Waals surface area contributed by atoms with E-state index in [-0.39, 0.29) is 28.7 Å². The van der Waals surface area contributed by atoms with Crippen LogP contribution in [0.15, 0.2) is 36.4 Å². The summed E-state index contributed by atoms with van der Waals surface area (Å²) in [6.45, 7) is -0.366. The summed E-state index contributed by atoms with van der Waals surface area (Å²) in [4.78, 5) is 23.8. The quantitative estimate of drug-likeness (QED) is 0.547. The summed E-state index contributed by atoms with van der Waals surface area (Å²) in [7, 11) is 1.40. The van der Waals surface area contributed by atoms with E-state index in [1.807, 2.05) is 12.1 Å². The molecule has 1 aliphatic carbocycles. The molecule has 4 rings (SSSR count). The molecule has 2 amide bonds. The van der Waals surface area contributed by atoms with Crippen LogP contribution in [0.3, 0.4) is 0 Å². The molecule has 0 spiro atoms. The number of amides is 2. The van der Waals surface area contributed by atoms with Gasteiger partial charge in [-0.1, -0.05) is 23.7 Å². The number of hydrogen-bond acceptors (Lipinski definition) is 7. The van der Waals surface area contributed by atoms with Gasteiger partial charge < -0.3 is 20.5 Å². The van der Waals surface area contributed by atoms with Crippen LogP contribution in [-0.2, 0) is 4.79 Å². The third kappa shape index (κ3) is 4.58. The van der Waals surface area contributed by atoms with Crippen LogP contribution in [0.5, 0.6) is 11.5 Å². The normalized spacial score (nSPS) is 13.0. The van der Waals surface area contributed by atoms with Gasteiger partial charge in [0.1, 0.15) is 0 Å². The van der Waals surface area contributed by atoms with Gasteiger partial charge in [-0.25, -0.2) is 4.68 Å². The van der Waals surface area contributed by atoms with E-state index < -0.39 is 11.8 Å². The Morgan fingerprint density at radius 3 is 2.81 bits per heavy atom. The van der Waals surface area contributed by atoms with Crippen molar-refractivity contribution in [3.63, 3.8) is 0 Å². The van der Waals surface area contributed by atoms with E-state index in [1.165, 1.54) is 19.2 Å². The van der Waals surface area contributed by atoms with Gasteiger partial charge in [-0.2, -0.15) is 0 Å². The molecular weight excluding hydrogens is 424 g/mol. The predicted molar refractivity (Wildman–Crippen MR) is 112 cm³/mol. The lowest BCUT2D eigenvalue weighted by Crippen LogP contribution is -2.20. The number of halogens is 1. The van der Waals surface area contributed by atoms with Gasteiger partial charge in [0.25, 0.3) is 11.8 Å². The first-order chi connectivity index (χ1) is 15.0. The molecular formula is C20H19ClN6O4. The third-order valence-electron chi connectivity index (χ3n) is 4.61. The van der Waals surface area contributed by atoms with Gasteiger partial charge in [0.2, 0.25) is 0 Å². The molecule has 0 aliphatic heterocycles. The number of carbonyl (C=O) groups is 2. The fourth-order valence-electron chi connectivity index (χ4n) is 3.02. The minimum absolute atomic E-state index is 0.114. The van der Waals surface area contributed by atoms with Crippen LogP contribution in [-0.4, -0.2) is 45.7 Å². The zero-order valence-electron chi connectivity index (χ0n) is 16.5. The Hall–Kier alpha value is -3.66. The number of rotatable bonds is 8. The lowest BCUT2D eigenvalue weighted by molar-refractivity contribution is -0.119. The van der Waals surface area contributed by atoms with E-state index in [9.17, 15) is 9.59 Å². The number of ether oxygens (including phenoxy) is 2. The lowest BCUT2D eigenvalue weighted by atomic mass is 10.1. The van der Waals surface area contributed by atoms with Crippen molar-refractivity contribution in [3.05, 3.63) is 47.0 Å². The molecule has 31 heavy (non-hydrogen) atoms. The van der Waals surface area contributed by atoms with Gasteiger partial charge in [0, 0.05) is 16.8 Å². The zero-order valence-corrected chi connectivity index (χ0v) is 17.3. The molecule has 1 fully saturated rings. The minimum Gasteiger partial charge on any atom is -0.493 e. The molecule has 10 nitrogen and oxygen atoms in total. The summed E-state index contributed by atoms with van der Waals surface area (Å²) in [6, 6.07) is 10.5. The van der Waals surface area contributed by atoms with Gasteiger partial charge in [-0.3, -0.25) is 9.59 Å². The van der Waals surface area contributed by atoms with E-state index in [1.54, 1.807) is 16.8 Å². The summed E-state index contributed by atoms with van der Waals surface area (Å²) >= 11 is 6.23. The molecule has 0 atom stereocenters. The highest BCUT2D eigenvalue weighted by Gasteiger charge is 2.28. The Labute approximate surface area is 182 Å². The first kappa shape index (κ1) is 20.6. The molecule has 1 aromatic heterocycles. The van der Waals surface area contributed by atoms with Crippen molar-refractivity contribution < 1.29 is 19.1 Å². The number of benzene rings is 2. The fraction of sp³-hybridized carbons (Fsp3) is 0.250. The lowest BCUT2D eigenvalue weighted by Gasteiger charge is -2.13. The molecule has 1 heterocycles. The molecule has 160 valence electrons. The average molecular weight is 443 g/mol. The topological polar surface area (TPSA) is 134 Å². The first-order valence-corrected chi connectivity index (χ1v) is 9.82. The van der Waals surface area contributed by atoms with Crippen molar-refractivity contribution in [2.45, 2.75) is 18.9 Å². The van der Waals surface area contributed by atoms with Gasteiger partial charge in [0.05, 0.1) is 18.2 Å². The summed E-state index contributed by atoms with van der Waals surface area (Å²) in [5.74, 6) is -0.0722. The van der Waals surface area contributed by atoms with Crippen molar-refractivity contribution in [1.29, 1.82) is 0 Å². The molecule has 1 aliphatic rings. The van der Waals surface area contributed by atoms with Crippen LogP contribution in [0.2, 0.25) is 5.02 Å². The second kappa shape index (κ2) is 8.60. The van der Waals surface area contributed by atoms with Gasteiger partial charge in [-0.15, -0.1) is 5.10 Å². The van der Waals surface area contributed by atoms with E-state index in [2.05, 4.69) is 20.8 Å². The predicted octanol–water partition coefficient (Wildman–Crippen LogP) is 2.45. The number of methoxy groups -OCH3 is 1. The average Bonchev–Trinajstić information content (AvgIpc) is 3.48. The van der Waals surface area contributed by atoms with E-state index in [4.69, 9.17) is 26.8 Å². The van der Waals surface area contributed by atoms with E-state index >= 15 is 0 Å². The van der Waals surface area contributed by atoms with Crippen molar-refractivity contribution in [1.82, 2.24) is 20.2 Å². The van der Waals surface area contributed by atoms with Crippen molar-refractivity contribution in [2.24, 2.45) is 5.73 Å². The summed E-state index contributed by atoms with van der Waals surface area (Å²) < 4.78 is 12.3. The largest absolute Gasteiger partial charge is 0.493 e. The minimum atomic E-state index is -0.660. The van der Waals surface area contributed by atoms with Crippen LogP contribution in [0, 0.1) is 0 Å². The second-order valence-corrected chi connectivity index (χ2v) is 7.36. The zero-order chi connectivity index (χ0) is 22.0. The molecule has 0 unspecified atom stereocenters. The molecule has 3 N–H and O–H groups in total. The SMILES string of the molecule is COc1cc(C(=O)Nc2cccc(-c3nnnn3C3CC3)c2)cc(Cl)c1OCC(N)=O. The van der Waals surface area contributed by atoms with Crippen molar-refractivity contribution in [2.75, 3.05) is 19.0 Å². The maximum atomic E-state index is 12.8. The molecule has 0 saturated heterocycles. The maximum absolute atomic E-state index is 12.8. The van der Waals surface area contributed by atoms with Gasteiger partial charge in [-0.05, 0) is 47.5 Å². The highest BCUT2D eigenvalue weighted by molar-refractivity contribution is 6.32.